The molecule has 0 heterocycles. The Morgan fingerprint density at radius 1 is 2.00 bits per heavy atom. The quantitative estimate of drug-likeness (QED) is 0.342. The summed E-state index contributed by atoms with van der Waals surface area (Å²) in [4.78, 5) is 0. The summed E-state index contributed by atoms with van der Waals surface area (Å²) in [6.07, 6.45) is 0. The van der Waals surface area contributed by atoms with Crippen LogP contribution in [0.25, 0.3) is 0 Å². The molecule has 0 fully saturated rings. The molecule has 0 saturated heterocycles. The van der Waals surface area contributed by atoms with Crippen molar-refractivity contribution in [1.29, 1.82) is 0 Å². The lowest BCUT2D eigenvalue weighted by atomic mass is 11.2. The Kier molecular flexibility index (Phi) is 2.88. The maximum atomic E-state index is 11.3. The Labute approximate surface area is 38.6 Å². The highest BCUT2D eigenvalue weighted by molar-refractivity contribution is 7.64. The van der Waals surface area contributed by atoms with Crippen LogP contribution in [-0.4, -0.2) is 21.9 Å². The molecule has 36 valence electrons. The smallest absolute Gasteiger partial charge is 0.105 e. The number of hydrogen-bond acceptors (Lipinski definition) is 1. The molecule has 0 unspecified atom stereocenters. The van der Waals surface area contributed by atoms with Gasteiger partial charge in [0.25, 0.3) is 0 Å². The van der Waals surface area contributed by atoms with Crippen LogP contribution in [0.1, 0.15) is 0 Å². The minimum atomic E-state index is 0.0856. The van der Waals surface area contributed by atoms with Crippen molar-refractivity contribution >= 4 is 16.7 Å². The zero-order valence-corrected chi connectivity index (χ0v) is 4.04. The van der Waals surface area contributed by atoms with Crippen molar-refractivity contribution in [2.75, 3.05) is 7.05 Å². The topological polar surface area (TPSA) is 20.3 Å². The molecule has 6 heavy (non-hydrogen) atoms. The second-order valence-corrected chi connectivity index (χ2v) is 1.13. The van der Waals surface area contributed by atoms with Crippen molar-refractivity contribution in [3.63, 3.8) is 0 Å². The van der Waals surface area contributed by atoms with E-state index in [4.69, 9.17) is 0 Å². The summed E-state index contributed by atoms with van der Waals surface area (Å²) in [5.74, 6) is 0. The van der Waals surface area contributed by atoms with Gasteiger partial charge >= 0.3 is 0 Å². The number of halogens is 1. The zero-order valence-electron chi connectivity index (χ0n) is 3.22. The molecule has 0 amide bonds. The number of hydrogen-bond donors (Lipinski definition) is 0. The first kappa shape index (κ1) is 5.78. The molecular formula is C2H4FNOS. The molecule has 0 saturated carbocycles. The molecule has 0 aliphatic rings. The summed E-state index contributed by atoms with van der Waals surface area (Å²) in [5, 5.41) is 0.206. The van der Waals surface area contributed by atoms with Gasteiger partial charge in [0, 0.05) is 7.05 Å². The van der Waals surface area contributed by atoms with Gasteiger partial charge in [-0.3, -0.25) is 0 Å². The van der Waals surface area contributed by atoms with Crippen molar-refractivity contribution < 1.29 is 8.69 Å². The fourth-order valence-electron chi connectivity index (χ4n) is 0.0593. The van der Waals surface area contributed by atoms with Crippen LogP contribution in [0.15, 0.2) is 0 Å². The zero-order chi connectivity index (χ0) is 4.99. The number of rotatable bonds is 1. The van der Waals surface area contributed by atoms with Gasteiger partial charge in [-0.15, -0.1) is 9.60 Å². The third-order valence-corrected chi connectivity index (χ3v) is 0.565. The van der Waals surface area contributed by atoms with Crippen molar-refractivity contribution in [2.24, 2.45) is 0 Å². The molecule has 0 radical (unpaired) electrons. The summed E-state index contributed by atoms with van der Waals surface area (Å²) in [6.45, 7) is 0. The molecule has 0 aliphatic carbocycles. The van der Waals surface area contributed by atoms with E-state index < -0.39 is 0 Å². The summed E-state index contributed by atoms with van der Waals surface area (Å²) in [6, 6.07) is 0. The van der Waals surface area contributed by atoms with Gasteiger partial charge in [-0.05, 0) is 0 Å². The summed E-state index contributed by atoms with van der Waals surface area (Å²) >= 11 is 0.0856. The first-order valence-corrected chi connectivity index (χ1v) is 2.08. The van der Waals surface area contributed by atoms with E-state index in [1.54, 1.807) is 0 Å². The van der Waals surface area contributed by atoms with Crippen molar-refractivity contribution in [3.05, 3.63) is 0 Å². The normalized spacial score (nSPS) is 8.50. The van der Waals surface area contributed by atoms with E-state index in [1.165, 1.54) is 0 Å². The van der Waals surface area contributed by atoms with Gasteiger partial charge in [-0.25, -0.2) is 4.21 Å². The highest BCUT2D eigenvalue weighted by atomic mass is 32.1. The van der Waals surface area contributed by atoms with Gasteiger partial charge in [0.1, 0.15) is 16.7 Å². The molecule has 4 heteroatoms. The van der Waals surface area contributed by atoms with E-state index in [0.717, 1.165) is 12.5 Å². The summed E-state index contributed by atoms with van der Waals surface area (Å²) in [7, 11) is 1.14. The van der Waals surface area contributed by atoms with Crippen LogP contribution in [0.4, 0.5) is 4.48 Å². The highest BCUT2D eigenvalue weighted by Crippen LogP contribution is 1.66. The molecule has 0 rings (SSSR count). The third-order valence-electron chi connectivity index (χ3n) is 0.188. The van der Waals surface area contributed by atoms with Crippen LogP contribution in [0.3, 0.4) is 0 Å². The van der Waals surface area contributed by atoms with E-state index in [9.17, 15) is 8.69 Å². The monoisotopic (exact) mass is 109 g/mol. The van der Waals surface area contributed by atoms with E-state index >= 15 is 0 Å². The van der Waals surface area contributed by atoms with Crippen molar-refractivity contribution in [3.8, 4) is 0 Å². The molecule has 0 aromatic rings. The molecule has 0 aliphatic heterocycles. The highest BCUT2D eigenvalue weighted by Gasteiger charge is 1.76. The van der Waals surface area contributed by atoms with Crippen molar-refractivity contribution in [1.82, 2.24) is 5.12 Å². The Balaban J connectivity index is 3.29. The average Bonchev–Trinajstić information content (AvgIpc) is 1.35. The van der Waals surface area contributed by atoms with Gasteiger partial charge in [0.05, 0.1) is 0 Å². The molecule has 0 N–H and O–H groups in total. The predicted octanol–water partition coefficient (Wildman–Crippen LogP) is -0.225. The van der Waals surface area contributed by atoms with Gasteiger partial charge < -0.3 is 0 Å². The van der Waals surface area contributed by atoms with Crippen LogP contribution in [0.5, 0.6) is 0 Å². The molecule has 2 nitrogen and oxygen atoms in total. The van der Waals surface area contributed by atoms with Crippen LogP contribution in [0, 0.1) is 0 Å². The first-order valence-electron chi connectivity index (χ1n) is 1.28. The van der Waals surface area contributed by atoms with Crippen molar-refractivity contribution in [2.45, 2.75) is 0 Å². The van der Waals surface area contributed by atoms with Crippen LogP contribution < -0.4 is 0 Å². The lowest BCUT2D eigenvalue weighted by molar-refractivity contribution is 0.173. The molecular weight excluding hydrogens is 105 g/mol. The fourth-order valence-corrected chi connectivity index (χ4v) is 0.178. The largest absolute Gasteiger partial charge is 0.211 e. The lowest BCUT2D eigenvalue weighted by Gasteiger charge is -1.84. The molecule has 0 aromatic heterocycles. The van der Waals surface area contributed by atoms with Gasteiger partial charge in [-0.2, -0.15) is 0 Å². The number of nitrogens with zero attached hydrogens (tertiary/aromatic N) is 1. The Morgan fingerprint density at radius 2 is 2.50 bits per heavy atom. The Hall–Kier alpha value is -0.220. The summed E-state index contributed by atoms with van der Waals surface area (Å²) in [5.41, 5.74) is 0.819. The minimum absolute atomic E-state index is 0.0856. The fraction of sp³-hybridized carbons (Fsp3) is 0.500. The minimum Gasteiger partial charge on any atom is -0.211 e. The summed E-state index contributed by atoms with van der Waals surface area (Å²) < 4.78 is 20.6. The van der Waals surface area contributed by atoms with Gasteiger partial charge in [-0.1, -0.05) is 0 Å². The SMILES string of the molecule is CN(F)C=S=O. The second kappa shape index (κ2) is 2.99. The third kappa shape index (κ3) is 3.78. The predicted molar refractivity (Wildman–Crippen MR) is 23.1 cm³/mol. The van der Waals surface area contributed by atoms with Crippen LogP contribution >= 0.6 is 0 Å². The van der Waals surface area contributed by atoms with Gasteiger partial charge in [0.2, 0.25) is 0 Å². The standard InChI is InChI=1S/C2H4FNOS/c1-4(3)2-6-5/h2H,1H3. The van der Waals surface area contributed by atoms with E-state index in [-0.39, 0.29) is 16.4 Å². The molecule has 0 aromatic carbocycles. The maximum Gasteiger partial charge on any atom is 0.105 e. The Morgan fingerprint density at radius 3 is 2.50 bits per heavy atom. The Bertz CT molecular complexity index is 77.6. The maximum absolute atomic E-state index is 11.3. The van der Waals surface area contributed by atoms with Crippen LogP contribution in [0.2, 0.25) is 0 Å². The molecule has 0 spiro atoms. The molecule has 0 bridgehead atoms. The van der Waals surface area contributed by atoms with E-state index in [1.807, 2.05) is 0 Å². The van der Waals surface area contributed by atoms with Crippen LogP contribution in [-0.2, 0) is 11.3 Å². The van der Waals surface area contributed by atoms with E-state index in [2.05, 4.69) is 0 Å². The first-order chi connectivity index (χ1) is 2.77. The lowest BCUT2D eigenvalue weighted by Crippen LogP contribution is -1.99. The average molecular weight is 109 g/mol. The van der Waals surface area contributed by atoms with Gasteiger partial charge in [0.15, 0.2) is 0 Å². The van der Waals surface area contributed by atoms with E-state index in [0.29, 0.717) is 0 Å². The second-order valence-electron chi connectivity index (χ2n) is 0.726. The molecule has 0 atom stereocenters.